The van der Waals surface area contributed by atoms with Gasteiger partial charge in [0.15, 0.2) is 0 Å². The minimum absolute atomic E-state index is 0.428. The van der Waals surface area contributed by atoms with E-state index in [2.05, 4.69) is 67.6 Å². The van der Waals surface area contributed by atoms with E-state index in [0.29, 0.717) is 14.5 Å². The quantitative estimate of drug-likeness (QED) is 0.589. The van der Waals surface area contributed by atoms with Gasteiger partial charge in [-0.1, -0.05) is 0 Å². The predicted octanol–water partition coefficient (Wildman–Crippen LogP) is 4.15. The fraction of sp³-hybridized carbons (Fsp3) is 0.0625. The molecule has 3 rings (SSSR count). The molecule has 0 nitrogen and oxygen atoms in total. The molecule has 0 N–H and O–H groups in total. The number of aryl methyl sites for hydroxylation is 1. The monoisotopic (exact) mass is 285 g/mol. The second-order valence-corrected chi connectivity index (χ2v) is 6.43. The average molecular weight is 284 g/mol. The van der Waals surface area contributed by atoms with Crippen LogP contribution < -0.4 is 0 Å². The van der Waals surface area contributed by atoms with Crippen molar-refractivity contribution in [2.45, 2.75) is 6.92 Å². The van der Waals surface area contributed by atoms with Crippen molar-refractivity contribution in [3.8, 4) is 10.0 Å². The number of fused-ring (bicyclic) bond motifs is 1. The maximum absolute atomic E-state index is 2.34. The van der Waals surface area contributed by atoms with Crippen LogP contribution in [0, 0.1) is 6.92 Å². The first-order valence-electron chi connectivity index (χ1n) is 5.72. The summed E-state index contributed by atoms with van der Waals surface area (Å²) in [5.41, 5.74) is 2.74. The van der Waals surface area contributed by atoms with Gasteiger partial charge in [0.2, 0.25) is 0 Å². The van der Waals surface area contributed by atoms with Crippen molar-refractivity contribution in [1.82, 2.24) is 0 Å². The van der Waals surface area contributed by atoms with E-state index in [9.17, 15) is 0 Å². The summed E-state index contributed by atoms with van der Waals surface area (Å²) < 4.78 is 2.98. The average Bonchev–Trinajstić information content (AvgIpc) is 2.40. The van der Waals surface area contributed by atoms with E-state index in [1.165, 1.54) is 25.2 Å². The van der Waals surface area contributed by atoms with Crippen LogP contribution in [-0.4, -0.2) is 14.5 Å². The molecule has 0 fully saturated rings. The summed E-state index contributed by atoms with van der Waals surface area (Å²) in [6.07, 6.45) is 0. The summed E-state index contributed by atoms with van der Waals surface area (Å²) in [5, 5.41) is 1.42. The summed E-state index contributed by atoms with van der Waals surface area (Å²) in [6.45, 7) is 2.21. The van der Waals surface area contributed by atoms with Crippen molar-refractivity contribution in [2.75, 3.05) is 0 Å². The molecule has 0 aliphatic rings. The van der Waals surface area contributed by atoms with E-state index in [-0.39, 0.29) is 0 Å². The molecule has 3 aromatic rings. The molecule has 0 spiro atoms. The fourth-order valence-electron chi connectivity index (χ4n) is 2.05. The van der Waals surface area contributed by atoms with Crippen molar-refractivity contribution < 1.29 is 0 Å². The Labute approximate surface area is 107 Å². The van der Waals surface area contributed by atoms with E-state index < -0.39 is 0 Å². The van der Waals surface area contributed by atoms with Crippen LogP contribution in [0.2, 0.25) is 0 Å². The van der Waals surface area contributed by atoms with Crippen molar-refractivity contribution in [1.29, 1.82) is 0 Å². The van der Waals surface area contributed by atoms with Gasteiger partial charge in [-0.2, -0.15) is 0 Å². The molecular formula is C16H13Se+. The van der Waals surface area contributed by atoms with Gasteiger partial charge in [0, 0.05) is 0 Å². The molecule has 0 radical (unpaired) electrons. The number of rotatable bonds is 1. The van der Waals surface area contributed by atoms with E-state index in [0.717, 1.165) is 0 Å². The molecule has 0 atom stereocenters. The molecule has 0 unspecified atom stereocenters. The standard InChI is InChI=1S/C16H13Se/c1-12-11-16(13-7-3-2-4-8-13)17-15-10-6-5-9-14(12)15/h2-11H,1H3/q+1. The van der Waals surface area contributed by atoms with Crippen LogP contribution in [0.5, 0.6) is 0 Å². The van der Waals surface area contributed by atoms with Gasteiger partial charge in [-0.15, -0.1) is 0 Å². The molecule has 1 aromatic heterocycles. The van der Waals surface area contributed by atoms with E-state index in [4.69, 9.17) is 0 Å². The summed E-state index contributed by atoms with van der Waals surface area (Å²) in [5.74, 6) is 0. The molecule has 1 heteroatoms. The molecule has 82 valence electrons. The first kappa shape index (κ1) is 10.7. The zero-order valence-corrected chi connectivity index (χ0v) is 11.4. The SMILES string of the molecule is Cc1cc(-c2ccccc2)[se+]c2ccccc12. The second kappa shape index (κ2) is 4.44. The van der Waals surface area contributed by atoms with Gasteiger partial charge in [0.1, 0.15) is 0 Å². The molecule has 0 saturated carbocycles. The molecule has 0 aliphatic carbocycles. The van der Waals surface area contributed by atoms with Crippen molar-refractivity contribution >= 4 is 24.1 Å². The first-order chi connectivity index (χ1) is 8.34. The van der Waals surface area contributed by atoms with Gasteiger partial charge in [-0.05, 0) is 0 Å². The zero-order valence-electron chi connectivity index (χ0n) is 9.68. The van der Waals surface area contributed by atoms with Crippen LogP contribution in [-0.2, 0) is 0 Å². The second-order valence-electron chi connectivity index (χ2n) is 4.16. The fourth-order valence-corrected chi connectivity index (χ4v) is 4.59. The Morgan fingerprint density at radius 3 is 2.35 bits per heavy atom. The van der Waals surface area contributed by atoms with E-state index in [1.54, 1.807) is 0 Å². The Hall–Kier alpha value is -1.43. The summed E-state index contributed by atoms with van der Waals surface area (Å²) in [7, 11) is 0. The van der Waals surface area contributed by atoms with Crippen molar-refractivity contribution in [3.63, 3.8) is 0 Å². The van der Waals surface area contributed by atoms with Gasteiger partial charge in [0.05, 0.1) is 0 Å². The maximum atomic E-state index is 2.34. The van der Waals surface area contributed by atoms with Crippen LogP contribution in [0.25, 0.3) is 19.6 Å². The summed E-state index contributed by atoms with van der Waals surface area (Å²) in [6, 6.07) is 21.8. The van der Waals surface area contributed by atoms with Gasteiger partial charge in [-0.25, -0.2) is 0 Å². The van der Waals surface area contributed by atoms with Gasteiger partial charge < -0.3 is 0 Å². The Balaban J connectivity index is 2.26. The third-order valence-corrected chi connectivity index (χ3v) is 5.35. The Morgan fingerprint density at radius 2 is 1.53 bits per heavy atom. The van der Waals surface area contributed by atoms with Crippen LogP contribution in [0.1, 0.15) is 5.56 Å². The molecular weight excluding hydrogens is 271 g/mol. The van der Waals surface area contributed by atoms with Crippen LogP contribution in [0.15, 0.2) is 60.7 Å². The normalized spacial score (nSPS) is 10.6. The number of benzene rings is 2. The van der Waals surface area contributed by atoms with Gasteiger partial charge in [-0.3, -0.25) is 0 Å². The topological polar surface area (TPSA) is 0 Å². The Bertz CT molecular complexity index is 657. The number of hydrogen-bond donors (Lipinski definition) is 0. The molecule has 0 bridgehead atoms. The third kappa shape index (κ3) is 2.04. The predicted molar refractivity (Wildman–Crippen MR) is 75.5 cm³/mol. The van der Waals surface area contributed by atoms with Crippen LogP contribution in [0.3, 0.4) is 0 Å². The van der Waals surface area contributed by atoms with E-state index >= 15 is 0 Å². The Kier molecular flexibility index (Phi) is 2.80. The van der Waals surface area contributed by atoms with Crippen LogP contribution in [0.4, 0.5) is 0 Å². The van der Waals surface area contributed by atoms with Gasteiger partial charge >= 0.3 is 107 Å². The zero-order chi connectivity index (χ0) is 11.7. The third-order valence-electron chi connectivity index (χ3n) is 2.94. The number of hydrogen-bond acceptors (Lipinski definition) is 0. The molecule has 0 amide bonds. The van der Waals surface area contributed by atoms with Crippen LogP contribution >= 0.6 is 0 Å². The molecule has 1 heterocycles. The van der Waals surface area contributed by atoms with Crippen molar-refractivity contribution in [3.05, 3.63) is 66.2 Å². The molecule has 2 aromatic carbocycles. The van der Waals surface area contributed by atoms with E-state index in [1.807, 2.05) is 0 Å². The van der Waals surface area contributed by atoms with Gasteiger partial charge in [0.25, 0.3) is 0 Å². The molecule has 17 heavy (non-hydrogen) atoms. The first-order valence-corrected chi connectivity index (χ1v) is 7.44. The summed E-state index contributed by atoms with van der Waals surface area (Å²) in [4.78, 5) is 0. The molecule has 0 saturated heterocycles. The molecule has 0 aliphatic heterocycles. The minimum atomic E-state index is 0.428. The Morgan fingerprint density at radius 1 is 0.824 bits per heavy atom. The van der Waals surface area contributed by atoms with Crippen molar-refractivity contribution in [2.24, 2.45) is 0 Å². The summed E-state index contributed by atoms with van der Waals surface area (Å²) >= 11 is 0.428.